The second kappa shape index (κ2) is 10.3. The summed E-state index contributed by atoms with van der Waals surface area (Å²) in [6, 6.07) is 57.1. The highest BCUT2D eigenvalue weighted by atomic mass is 31.2. The highest BCUT2D eigenvalue weighted by Crippen LogP contribution is 2.57. The highest BCUT2D eigenvalue weighted by Gasteiger charge is 2.51. The molecule has 9 rings (SSSR count). The normalized spacial score (nSPS) is 18.7. The first-order valence-electron chi connectivity index (χ1n) is 15.6. The Kier molecular flexibility index (Phi) is 6.00. The number of fused-ring (bicyclic) bond motifs is 5. The average Bonchev–Trinajstić information content (AvgIpc) is 3.47. The van der Waals surface area contributed by atoms with Crippen molar-refractivity contribution in [2.45, 2.75) is 5.41 Å². The van der Waals surface area contributed by atoms with Gasteiger partial charge in [0, 0.05) is 32.9 Å². The summed E-state index contributed by atoms with van der Waals surface area (Å²) >= 11 is 0. The molecule has 0 amide bonds. The lowest BCUT2D eigenvalue weighted by Gasteiger charge is -2.45. The second-order valence-electron chi connectivity index (χ2n) is 11.9. The molecule has 1 aliphatic rings. The Hall–Kier alpha value is -5.50. The maximum Gasteiger partial charge on any atom is 0.171 e. The van der Waals surface area contributed by atoms with E-state index in [-0.39, 0.29) is 0 Å². The van der Waals surface area contributed by atoms with Crippen LogP contribution in [0.2, 0.25) is 0 Å². The number of aromatic nitrogens is 2. The van der Waals surface area contributed by atoms with E-state index in [4.69, 9.17) is 0 Å². The Morgan fingerprint density at radius 3 is 1.83 bits per heavy atom. The van der Waals surface area contributed by atoms with Gasteiger partial charge in [-0.05, 0) is 52.6 Å². The summed E-state index contributed by atoms with van der Waals surface area (Å²) in [7, 11) is -3.20. The van der Waals surface area contributed by atoms with Crippen molar-refractivity contribution in [1.82, 2.24) is 9.55 Å². The van der Waals surface area contributed by atoms with Gasteiger partial charge in [-0.2, -0.15) is 0 Å². The molecule has 0 fully saturated rings. The molecule has 8 aromatic rings. The molecule has 0 saturated heterocycles. The summed E-state index contributed by atoms with van der Waals surface area (Å²) in [5.41, 5.74) is 6.97. The van der Waals surface area contributed by atoms with Gasteiger partial charge >= 0.3 is 0 Å². The van der Waals surface area contributed by atoms with Crippen LogP contribution in [-0.4, -0.2) is 9.55 Å². The third kappa shape index (κ3) is 3.61. The minimum atomic E-state index is -3.20. The molecule has 0 bridgehead atoms. The fourth-order valence-corrected chi connectivity index (χ4v) is 10.9. The van der Waals surface area contributed by atoms with E-state index in [1.165, 1.54) is 10.8 Å². The fraction of sp³-hybridized carbons (Fsp3) is 0.0238. The van der Waals surface area contributed by atoms with Crippen LogP contribution in [0.5, 0.6) is 0 Å². The summed E-state index contributed by atoms with van der Waals surface area (Å²) in [4.78, 5) is 4.44. The molecule has 1 aliphatic heterocycles. The van der Waals surface area contributed by atoms with Crippen LogP contribution in [0, 0.1) is 0 Å². The van der Waals surface area contributed by atoms with Crippen molar-refractivity contribution >= 4 is 44.9 Å². The maximum absolute atomic E-state index is 15.8. The zero-order chi connectivity index (χ0) is 30.7. The average molecular weight is 609 g/mol. The third-order valence-corrected chi connectivity index (χ3v) is 12.8. The lowest BCUT2D eigenvalue weighted by molar-refractivity contribution is 0.590. The van der Waals surface area contributed by atoms with Crippen molar-refractivity contribution in [1.29, 1.82) is 0 Å². The molecule has 0 unspecified atom stereocenters. The quantitative estimate of drug-likeness (QED) is 0.188. The van der Waals surface area contributed by atoms with E-state index in [0.717, 1.165) is 54.9 Å². The molecular formula is C42H29N2OP. The van der Waals surface area contributed by atoms with Crippen LogP contribution in [0.25, 0.3) is 27.5 Å². The van der Waals surface area contributed by atoms with Gasteiger partial charge in [0.05, 0.1) is 28.3 Å². The molecular weight excluding hydrogens is 579 g/mol. The predicted molar refractivity (Wildman–Crippen MR) is 190 cm³/mol. The topological polar surface area (TPSA) is 34.9 Å². The Bertz CT molecular complexity index is 2400. The van der Waals surface area contributed by atoms with Crippen molar-refractivity contribution in [2.75, 3.05) is 0 Å². The van der Waals surface area contributed by atoms with Gasteiger partial charge in [-0.1, -0.05) is 133 Å². The lowest BCUT2D eigenvalue weighted by atomic mass is 9.64. The largest absolute Gasteiger partial charge is 0.309 e. The summed E-state index contributed by atoms with van der Waals surface area (Å²) in [6.45, 7) is 0. The molecule has 4 heteroatoms. The molecule has 2 aromatic heterocycles. The summed E-state index contributed by atoms with van der Waals surface area (Å²) in [6.07, 6.45) is 3.73. The molecule has 3 heterocycles. The van der Waals surface area contributed by atoms with Crippen molar-refractivity contribution in [3.8, 4) is 5.69 Å². The van der Waals surface area contributed by atoms with Crippen molar-refractivity contribution in [3.63, 3.8) is 0 Å². The number of para-hydroxylation sites is 1. The van der Waals surface area contributed by atoms with Crippen LogP contribution in [0.3, 0.4) is 0 Å². The first-order chi connectivity index (χ1) is 22.7. The molecule has 0 N–H and O–H groups in total. The first kappa shape index (κ1) is 26.9. The molecule has 218 valence electrons. The van der Waals surface area contributed by atoms with Gasteiger partial charge in [-0.25, -0.2) is 0 Å². The van der Waals surface area contributed by atoms with Crippen molar-refractivity contribution < 1.29 is 4.57 Å². The smallest absolute Gasteiger partial charge is 0.171 e. The number of hydrogen-bond acceptors (Lipinski definition) is 2. The Balaban J connectivity index is 1.43. The maximum atomic E-state index is 15.8. The molecule has 3 nitrogen and oxygen atoms in total. The third-order valence-electron chi connectivity index (χ3n) is 9.63. The molecule has 46 heavy (non-hydrogen) atoms. The van der Waals surface area contributed by atoms with Gasteiger partial charge in [0.2, 0.25) is 0 Å². The Morgan fingerprint density at radius 1 is 0.522 bits per heavy atom. The molecule has 0 saturated carbocycles. The SMILES string of the molecule is O=P1(c2ccccc2)c2ccccc2C(c2ccccc2)(c2ccc3c(c2)c2ccccc2n3-c2cccnc2)c2ccccc21. The summed E-state index contributed by atoms with van der Waals surface area (Å²) < 4.78 is 18.1. The minimum absolute atomic E-state index is 0.706. The first-order valence-corrected chi connectivity index (χ1v) is 17.3. The number of hydrogen-bond donors (Lipinski definition) is 0. The minimum Gasteiger partial charge on any atom is -0.309 e. The Labute approximate surface area is 267 Å². The van der Waals surface area contributed by atoms with Gasteiger partial charge in [0.1, 0.15) is 0 Å². The van der Waals surface area contributed by atoms with Crippen molar-refractivity contribution in [2.24, 2.45) is 0 Å². The van der Waals surface area contributed by atoms with Crippen LogP contribution in [0.4, 0.5) is 0 Å². The number of rotatable bonds is 4. The van der Waals surface area contributed by atoms with E-state index >= 15 is 4.57 Å². The second-order valence-corrected chi connectivity index (χ2v) is 14.6. The Morgan fingerprint density at radius 2 is 1.13 bits per heavy atom. The zero-order valence-corrected chi connectivity index (χ0v) is 25.9. The van der Waals surface area contributed by atoms with Crippen LogP contribution >= 0.6 is 7.14 Å². The molecule has 6 aromatic carbocycles. The van der Waals surface area contributed by atoms with Gasteiger partial charge in [-0.15, -0.1) is 0 Å². The van der Waals surface area contributed by atoms with E-state index in [1.807, 2.05) is 60.9 Å². The number of benzene rings is 6. The standard InChI is InChI=1S/C42H29N2OP/c45-46(33-17-5-2-6-18-33)40-23-11-8-20-36(40)42(30-14-3-1-4-15-30,37-21-9-12-24-41(37)46)31-25-26-39-35(28-31)34-19-7-10-22-38(34)44(39)32-16-13-27-43-29-32/h1-29H. The van der Waals surface area contributed by atoms with Gasteiger partial charge in [-0.3, -0.25) is 4.98 Å². The molecule has 0 radical (unpaired) electrons. The van der Waals surface area contributed by atoms with Gasteiger partial charge < -0.3 is 9.13 Å². The van der Waals surface area contributed by atoms with E-state index in [9.17, 15) is 0 Å². The van der Waals surface area contributed by atoms with E-state index < -0.39 is 12.6 Å². The molecule has 0 aliphatic carbocycles. The van der Waals surface area contributed by atoms with Gasteiger partial charge in [0.15, 0.2) is 7.14 Å². The molecule has 0 spiro atoms. The lowest BCUT2D eigenvalue weighted by Crippen LogP contribution is -2.46. The van der Waals surface area contributed by atoms with E-state index in [1.54, 1.807) is 0 Å². The number of pyridine rings is 1. The zero-order valence-electron chi connectivity index (χ0n) is 25.0. The highest BCUT2D eigenvalue weighted by molar-refractivity contribution is 7.85. The summed E-state index contributed by atoms with van der Waals surface area (Å²) in [5, 5.41) is 4.98. The van der Waals surface area contributed by atoms with Crippen LogP contribution in [0.15, 0.2) is 176 Å². The fourth-order valence-electron chi connectivity index (χ4n) is 7.77. The predicted octanol–water partition coefficient (Wildman–Crippen LogP) is 8.51. The monoisotopic (exact) mass is 608 g/mol. The summed E-state index contributed by atoms with van der Waals surface area (Å²) in [5.74, 6) is 0. The van der Waals surface area contributed by atoms with E-state index in [2.05, 4.69) is 125 Å². The van der Waals surface area contributed by atoms with Gasteiger partial charge in [0.25, 0.3) is 0 Å². The number of nitrogens with zero attached hydrogens (tertiary/aromatic N) is 2. The van der Waals surface area contributed by atoms with Crippen LogP contribution < -0.4 is 15.9 Å². The molecule has 0 atom stereocenters. The van der Waals surface area contributed by atoms with Crippen molar-refractivity contribution in [3.05, 3.63) is 198 Å². The van der Waals surface area contributed by atoms with E-state index in [0.29, 0.717) is 0 Å². The van der Waals surface area contributed by atoms with Crippen LogP contribution in [-0.2, 0) is 9.98 Å². The van der Waals surface area contributed by atoms with Crippen LogP contribution in [0.1, 0.15) is 22.3 Å².